The molecule has 0 spiro atoms. The van der Waals surface area contributed by atoms with Crippen molar-refractivity contribution in [3.8, 4) is 0 Å². The lowest BCUT2D eigenvalue weighted by atomic mass is 10.1. The van der Waals surface area contributed by atoms with E-state index in [4.69, 9.17) is 16.6 Å². The number of hydrogen-bond donors (Lipinski definition) is 0. The summed E-state index contributed by atoms with van der Waals surface area (Å²) in [6, 6.07) is 12.4. The normalized spacial score (nSPS) is 13.9. The summed E-state index contributed by atoms with van der Waals surface area (Å²) in [6.45, 7) is 5.98. The minimum absolute atomic E-state index is 0.0622. The van der Waals surface area contributed by atoms with Crippen LogP contribution in [0.3, 0.4) is 0 Å². The van der Waals surface area contributed by atoms with Crippen LogP contribution < -0.4 is 0 Å². The van der Waals surface area contributed by atoms with Crippen molar-refractivity contribution in [3.05, 3.63) is 64.7 Å². The maximum Gasteiger partial charge on any atom is 0.258 e. The van der Waals surface area contributed by atoms with E-state index < -0.39 is 5.82 Å². The van der Waals surface area contributed by atoms with Crippen molar-refractivity contribution in [1.29, 1.82) is 0 Å². The van der Waals surface area contributed by atoms with Gasteiger partial charge in [0.25, 0.3) is 5.91 Å². The number of fused-ring (bicyclic) bond motifs is 1. The van der Waals surface area contributed by atoms with E-state index in [0.29, 0.717) is 24.9 Å². The smallest absolute Gasteiger partial charge is 0.258 e. The van der Waals surface area contributed by atoms with Crippen molar-refractivity contribution < 1.29 is 9.18 Å². The molecule has 1 aromatic heterocycles. The van der Waals surface area contributed by atoms with Gasteiger partial charge < -0.3 is 9.47 Å². The standard InChI is InChI=1S/C24H27ClFN3O/c1-16(2)12-13-28(24(30)23-18(25)6-5-7-19(23)26)15-22-27-20-8-3-4-9-21(20)29(22)14-17-10-11-17/h3-9,16-17H,10-15H2,1-2H3. The van der Waals surface area contributed by atoms with Gasteiger partial charge in [0.15, 0.2) is 0 Å². The SMILES string of the molecule is CC(C)CCN(Cc1nc2ccccc2n1CC1CC1)C(=O)c1c(F)cccc1Cl. The average molecular weight is 428 g/mol. The molecule has 0 saturated heterocycles. The fourth-order valence-corrected chi connectivity index (χ4v) is 3.95. The second-order valence-corrected chi connectivity index (χ2v) is 8.98. The lowest BCUT2D eigenvalue weighted by Crippen LogP contribution is -2.34. The van der Waals surface area contributed by atoms with Gasteiger partial charge in [0.2, 0.25) is 0 Å². The summed E-state index contributed by atoms with van der Waals surface area (Å²) in [5, 5.41) is 0.140. The molecular weight excluding hydrogens is 401 g/mol. The summed E-state index contributed by atoms with van der Waals surface area (Å²) in [7, 11) is 0. The molecule has 4 nitrogen and oxygen atoms in total. The fraction of sp³-hybridized carbons (Fsp3) is 0.417. The number of carbonyl (C=O) groups is 1. The van der Waals surface area contributed by atoms with Crippen LogP contribution in [0.4, 0.5) is 4.39 Å². The molecule has 0 atom stereocenters. The van der Waals surface area contributed by atoms with E-state index in [2.05, 4.69) is 24.5 Å². The van der Waals surface area contributed by atoms with Gasteiger partial charge in [0.1, 0.15) is 11.6 Å². The van der Waals surface area contributed by atoms with Crippen molar-refractivity contribution in [3.63, 3.8) is 0 Å². The Morgan fingerprint density at radius 3 is 2.70 bits per heavy atom. The number of imidazole rings is 1. The molecule has 1 aliphatic carbocycles. The minimum Gasteiger partial charge on any atom is -0.331 e. The number of amides is 1. The fourth-order valence-electron chi connectivity index (χ4n) is 3.71. The molecule has 6 heteroatoms. The summed E-state index contributed by atoms with van der Waals surface area (Å²) >= 11 is 6.20. The van der Waals surface area contributed by atoms with Gasteiger partial charge in [0, 0.05) is 13.1 Å². The van der Waals surface area contributed by atoms with Crippen LogP contribution in [-0.2, 0) is 13.1 Å². The van der Waals surface area contributed by atoms with E-state index in [1.807, 2.05) is 18.2 Å². The Bertz CT molecular complexity index is 1040. The Morgan fingerprint density at radius 1 is 1.23 bits per heavy atom. The predicted octanol–water partition coefficient (Wildman–Crippen LogP) is 5.93. The maximum atomic E-state index is 14.5. The van der Waals surface area contributed by atoms with Gasteiger partial charge in [0.05, 0.1) is 28.2 Å². The largest absolute Gasteiger partial charge is 0.331 e. The van der Waals surface area contributed by atoms with E-state index in [-0.39, 0.29) is 16.5 Å². The Labute approximate surface area is 181 Å². The quantitative estimate of drug-likeness (QED) is 0.447. The van der Waals surface area contributed by atoms with Crippen molar-refractivity contribution in [2.24, 2.45) is 11.8 Å². The molecule has 1 saturated carbocycles. The van der Waals surface area contributed by atoms with E-state index in [1.165, 1.54) is 25.0 Å². The Hall–Kier alpha value is -2.40. The average Bonchev–Trinajstić information content (AvgIpc) is 3.46. The van der Waals surface area contributed by atoms with Crippen LogP contribution in [-0.4, -0.2) is 26.9 Å². The highest BCUT2D eigenvalue weighted by atomic mass is 35.5. The van der Waals surface area contributed by atoms with Gasteiger partial charge in [-0.05, 0) is 55.4 Å². The highest BCUT2D eigenvalue weighted by Gasteiger charge is 2.27. The second kappa shape index (κ2) is 8.76. The molecule has 3 aromatic rings. The first kappa shape index (κ1) is 20.9. The lowest BCUT2D eigenvalue weighted by molar-refractivity contribution is 0.0724. The summed E-state index contributed by atoms with van der Waals surface area (Å²) in [6.07, 6.45) is 3.28. The molecule has 0 N–H and O–H groups in total. The number of nitrogens with zero attached hydrogens (tertiary/aromatic N) is 3. The summed E-state index contributed by atoms with van der Waals surface area (Å²) < 4.78 is 16.7. The zero-order chi connectivity index (χ0) is 21.3. The van der Waals surface area contributed by atoms with Gasteiger partial charge in [-0.2, -0.15) is 0 Å². The van der Waals surface area contributed by atoms with Gasteiger partial charge in [-0.15, -0.1) is 0 Å². The van der Waals surface area contributed by atoms with Gasteiger partial charge >= 0.3 is 0 Å². The molecule has 0 bridgehead atoms. The van der Waals surface area contributed by atoms with Crippen LogP contribution in [0, 0.1) is 17.7 Å². The van der Waals surface area contributed by atoms with Crippen molar-refractivity contribution in [1.82, 2.24) is 14.5 Å². The molecule has 1 aliphatic rings. The topological polar surface area (TPSA) is 38.1 Å². The molecule has 0 radical (unpaired) electrons. The van der Waals surface area contributed by atoms with Gasteiger partial charge in [-0.1, -0.05) is 43.6 Å². The van der Waals surface area contributed by atoms with Gasteiger partial charge in [-0.25, -0.2) is 9.37 Å². The first-order chi connectivity index (χ1) is 14.4. The second-order valence-electron chi connectivity index (χ2n) is 8.58. The summed E-state index contributed by atoms with van der Waals surface area (Å²) in [5.41, 5.74) is 1.95. The van der Waals surface area contributed by atoms with Crippen molar-refractivity contribution >= 4 is 28.5 Å². The number of aromatic nitrogens is 2. The van der Waals surface area contributed by atoms with Crippen LogP contribution in [0.1, 0.15) is 49.3 Å². The first-order valence-electron chi connectivity index (χ1n) is 10.6. The third-order valence-corrected chi connectivity index (χ3v) is 5.96. The van der Waals surface area contributed by atoms with Crippen LogP contribution in [0.25, 0.3) is 11.0 Å². The molecule has 4 rings (SSSR count). The molecule has 158 valence electrons. The highest BCUT2D eigenvalue weighted by Crippen LogP contribution is 2.33. The Balaban J connectivity index is 1.69. The molecule has 1 amide bonds. The van der Waals surface area contributed by atoms with Crippen LogP contribution >= 0.6 is 11.6 Å². The number of hydrogen-bond acceptors (Lipinski definition) is 2. The van der Waals surface area contributed by atoms with E-state index in [1.54, 1.807) is 11.0 Å². The Kier molecular flexibility index (Phi) is 6.09. The molecule has 1 fully saturated rings. The third-order valence-electron chi connectivity index (χ3n) is 5.64. The van der Waals surface area contributed by atoms with Crippen LogP contribution in [0.5, 0.6) is 0 Å². The van der Waals surface area contributed by atoms with Crippen molar-refractivity contribution in [2.75, 3.05) is 6.54 Å². The monoisotopic (exact) mass is 427 g/mol. The molecule has 1 heterocycles. The molecule has 2 aromatic carbocycles. The summed E-state index contributed by atoms with van der Waals surface area (Å²) in [4.78, 5) is 19.8. The predicted molar refractivity (Wildman–Crippen MR) is 118 cm³/mol. The van der Waals surface area contributed by atoms with Crippen molar-refractivity contribution in [2.45, 2.75) is 46.2 Å². The zero-order valence-electron chi connectivity index (χ0n) is 17.4. The maximum absolute atomic E-state index is 14.5. The van der Waals surface area contributed by atoms with E-state index >= 15 is 0 Å². The number of rotatable bonds is 8. The minimum atomic E-state index is -0.589. The molecule has 0 aliphatic heterocycles. The number of para-hydroxylation sites is 2. The molecule has 0 unspecified atom stereocenters. The van der Waals surface area contributed by atoms with Crippen LogP contribution in [0.15, 0.2) is 42.5 Å². The third kappa shape index (κ3) is 4.51. The van der Waals surface area contributed by atoms with Gasteiger partial charge in [-0.3, -0.25) is 4.79 Å². The highest BCUT2D eigenvalue weighted by molar-refractivity contribution is 6.33. The molecule has 30 heavy (non-hydrogen) atoms. The summed E-state index contributed by atoms with van der Waals surface area (Å²) in [5.74, 6) is 0.953. The van der Waals surface area contributed by atoms with Crippen LogP contribution in [0.2, 0.25) is 5.02 Å². The number of benzene rings is 2. The first-order valence-corrected chi connectivity index (χ1v) is 11.0. The van der Waals surface area contributed by atoms with E-state index in [0.717, 1.165) is 29.8 Å². The number of carbonyl (C=O) groups excluding carboxylic acids is 1. The lowest BCUT2D eigenvalue weighted by Gasteiger charge is -2.24. The van der Waals surface area contributed by atoms with E-state index in [9.17, 15) is 9.18 Å². The Morgan fingerprint density at radius 2 is 2.00 bits per heavy atom. The number of halogens is 2. The molecular formula is C24H27ClFN3O. The zero-order valence-corrected chi connectivity index (χ0v) is 18.2.